The number of nitrogens with one attached hydrogen (secondary N) is 1. The second-order valence-corrected chi connectivity index (χ2v) is 5.68. The summed E-state index contributed by atoms with van der Waals surface area (Å²) < 4.78 is 6.88. The summed E-state index contributed by atoms with van der Waals surface area (Å²) in [5, 5.41) is 3.40. The summed E-state index contributed by atoms with van der Waals surface area (Å²) in [7, 11) is 0. The van der Waals surface area contributed by atoms with Gasteiger partial charge in [-0.1, -0.05) is 47.1 Å². The van der Waals surface area contributed by atoms with Crippen LogP contribution >= 0.6 is 15.9 Å². The molecule has 0 radical (unpaired) electrons. The van der Waals surface area contributed by atoms with E-state index in [1.807, 2.05) is 24.3 Å². The fourth-order valence-electron chi connectivity index (χ4n) is 2.02. The normalized spacial score (nSPS) is 12.2. The molecule has 0 amide bonds. The highest BCUT2D eigenvalue weighted by Crippen LogP contribution is 2.19. The number of rotatable bonds is 6. The molecular weight excluding hydrogens is 314 g/mol. The van der Waals surface area contributed by atoms with E-state index in [1.54, 1.807) is 0 Å². The molecule has 0 fully saturated rings. The Balaban J connectivity index is 1.92. The maximum Gasteiger partial charge on any atom is 0.119 e. The smallest absolute Gasteiger partial charge is 0.119 e. The average molecular weight is 334 g/mol. The van der Waals surface area contributed by atoms with Crippen LogP contribution in [0.1, 0.15) is 31.0 Å². The van der Waals surface area contributed by atoms with E-state index in [4.69, 9.17) is 4.74 Å². The molecule has 0 aromatic heterocycles. The molecule has 0 saturated heterocycles. The van der Waals surface area contributed by atoms with Crippen molar-refractivity contribution in [3.63, 3.8) is 0 Å². The third kappa shape index (κ3) is 4.36. The molecular formula is C17H20BrNO. The number of halogens is 1. The van der Waals surface area contributed by atoms with Crippen LogP contribution in [0.5, 0.6) is 5.75 Å². The molecule has 1 atom stereocenters. The zero-order valence-corrected chi connectivity index (χ0v) is 13.5. The zero-order valence-electron chi connectivity index (χ0n) is 11.9. The van der Waals surface area contributed by atoms with Crippen LogP contribution in [-0.4, -0.2) is 6.54 Å². The van der Waals surface area contributed by atoms with Gasteiger partial charge in [0, 0.05) is 10.5 Å². The molecule has 0 aliphatic carbocycles. The molecule has 1 unspecified atom stereocenters. The van der Waals surface area contributed by atoms with E-state index in [-0.39, 0.29) is 0 Å². The molecule has 20 heavy (non-hydrogen) atoms. The fraction of sp³-hybridized carbons (Fsp3) is 0.294. The van der Waals surface area contributed by atoms with Gasteiger partial charge in [-0.25, -0.2) is 0 Å². The molecule has 2 nitrogen and oxygen atoms in total. The molecule has 106 valence electrons. The van der Waals surface area contributed by atoms with E-state index in [2.05, 4.69) is 59.4 Å². The van der Waals surface area contributed by atoms with Gasteiger partial charge < -0.3 is 10.1 Å². The molecule has 1 N–H and O–H groups in total. The molecule has 0 heterocycles. The van der Waals surface area contributed by atoms with Gasteiger partial charge in [-0.15, -0.1) is 0 Å². The van der Waals surface area contributed by atoms with Crippen LogP contribution in [0.2, 0.25) is 0 Å². The minimum absolute atomic E-state index is 0.375. The summed E-state index contributed by atoms with van der Waals surface area (Å²) in [6.07, 6.45) is 0. The molecule has 2 aromatic rings. The van der Waals surface area contributed by atoms with Crippen molar-refractivity contribution in [2.45, 2.75) is 26.5 Å². The van der Waals surface area contributed by atoms with Crippen molar-refractivity contribution in [2.75, 3.05) is 6.54 Å². The van der Waals surface area contributed by atoms with Gasteiger partial charge in [0.1, 0.15) is 12.4 Å². The second-order valence-electron chi connectivity index (χ2n) is 4.76. The third-order valence-corrected chi connectivity index (χ3v) is 3.74. The van der Waals surface area contributed by atoms with Gasteiger partial charge in [-0.2, -0.15) is 0 Å². The zero-order chi connectivity index (χ0) is 14.4. The predicted molar refractivity (Wildman–Crippen MR) is 87.0 cm³/mol. The SMILES string of the molecule is CCNC(C)c1ccc(OCc2ccc(Br)cc2)cc1. The van der Waals surface area contributed by atoms with Crippen molar-refractivity contribution >= 4 is 15.9 Å². The van der Waals surface area contributed by atoms with Crippen LogP contribution in [-0.2, 0) is 6.61 Å². The van der Waals surface area contributed by atoms with Gasteiger partial charge in [-0.05, 0) is 48.9 Å². The first-order valence-corrected chi connectivity index (χ1v) is 7.69. The summed E-state index contributed by atoms with van der Waals surface area (Å²) in [5.74, 6) is 0.903. The third-order valence-electron chi connectivity index (χ3n) is 3.21. The number of ether oxygens (including phenoxy) is 1. The first-order chi connectivity index (χ1) is 9.69. The lowest BCUT2D eigenvalue weighted by Gasteiger charge is -2.13. The number of hydrogen-bond acceptors (Lipinski definition) is 2. The first kappa shape index (κ1) is 15.1. The highest BCUT2D eigenvalue weighted by atomic mass is 79.9. The van der Waals surface area contributed by atoms with Gasteiger partial charge in [0.15, 0.2) is 0 Å². The van der Waals surface area contributed by atoms with E-state index in [9.17, 15) is 0 Å². The topological polar surface area (TPSA) is 21.3 Å². The minimum Gasteiger partial charge on any atom is -0.489 e. The molecule has 2 rings (SSSR count). The van der Waals surface area contributed by atoms with Gasteiger partial charge in [0.05, 0.1) is 0 Å². The Labute approximate surface area is 129 Å². The van der Waals surface area contributed by atoms with E-state index in [0.29, 0.717) is 12.6 Å². The fourth-order valence-corrected chi connectivity index (χ4v) is 2.29. The van der Waals surface area contributed by atoms with Crippen LogP contribution < -0.4 is 10.1 Å². The summed E-state index contributed by atoms with van der Waals surface area (Å²) in [5.41, 5.74) is 2.45. The van der Waals surface area contributed by atoms with Gasteiger partial charge in [0.2, 0.25) is 0 Å². The largest absolute Gasteiger partial charge is 0.489 e. The summed E-state index contributed by atoms with van der Waals surface area (Å²) in [4.78, 5) is 0. The van der Waals surface area contributed by atoms with Crippen LogP contribution in [0.3, 0.4) is 0 Å². The van der Waals surface area contributed by atoms with Crippen molar-refractivity contribution in [1.29, 1.82) is 0 Å². The quantitative estimate of drug-likeness (QED) is 0.827. The molecule has 0 saturated carbocycles. The van der Waals surface area contributed by atoms with Crippen molar-refractivity contribution < 1.29 is 4.74 Å². The Morgan fingerprint density at radius 2 is 1.70 bits per heavy atom. The standard InChI is InChI=1S/C17H20BrNO/c1-3-19-13(2)15-6-10-17(11-7-15)20-12-14-4-8-16(18)9-5-14/h4-11,13,19H,3,12H2,1-2H3. The number of hydrogen-bond donors (Lipinski definition) is 1. The molecule has 0 bridgehead atoms. The Morgan fingerprint density at radius 1 is 1.05 bits per heavy atom. The van der Waals surface area contributed by atoms with E-state index in [1.165, 1.54) is 11.1 Å². The van der Waals surface area contributed by atoms with Crippen LogP contribution in [0.4, 0.5) is 0 Å². The lowest BCUT2D eigenvalue weighted by Crippen LogP contribution is -2.17. The molecule has 3 heteroatoms. The van der Waals surface area contributed by atoms with Crippen molar-refractivity contribution in [2.24, 2.45) is 0 Å². The minimum atomic E-state index is 0.375. The second kappa shape index (κ2) is 7.46. The van der Waals surface area contributed by atoms with E-state index < -0.39 is 0 Å². The Bertz CT molecular complexity index is 522. The molecule has 0 aliphatic heterocycles. The van der Waals surface area contributed by atoms with Gasteiger partial charge >= 0.3 is 0 Å². The van der Waals surface area contributed by atoms with Gasteiger partial charge in [0.25, 0.3) is 0 Å². The Kier molecular flexibility index (Phi) is 5.62. The molecule has 0 aliphatic rings. The van der Waals surface area contributed by atoms with Crippen molar-refractivity contribution in [1.82, 2.24) is 5.32 Å². The first-order valence-electron chi connectivity index (χ1n) is 6.89. The lowest BCUT2D eigenvalue weighted by molar-refractivity contribution is 0.306. The highest BCUT2D eigenvalue weighted by Gasteiger charge is 2.03. The Hall–Kier alpha value is -1.32. The predicted octanol–water partition coefficient (Wildman–Crippen LogP) is 4.70. The Morgan fingerprint density at radius 3 is 2.30 bits per heavy atom. The van der Waals surface area contributed by atoms with Crippen LogP contribution in [0, 0.1) is 0 Å². The lowest BCUT2D eigenvalue weighted by atomic mass is 10.1. The van der Waals surface area contributed by atoms with Crippen molar-refractivity contribution in [3.05, 3.63) is 64.1 Å². The summed E-state index contributed by atoms with van der Waals surface area (Å²) in [6.45, 7) is 5.85. The number of benzene rings is 2. The highest BCUT2D eigenvalue weighted by molar-refractivity contribution is 9.10. The summed E-state index contributed by atoms with van der Waals surface area (Å²) >= 11 is 3.43. The van der Waals surface area contributed by atoms with Crippen molar-refractivity contribution in [3.8, 4) is 5.75 Å². The monoisotopic (exact) mass is 333 g/mol. The maximum atomic E-state index is 5.79. The van der Waals surface area contributed by atoms with E-state index in [0.717, 1.165) is 16.8 Å². The molecule has 0 spiro atoms. The maximum absolute atomic E-state index is 5.79. The average Bonchev–Trinajstić information content (AvgIpc) is 2.47. The van der Waals surface area contributed by atoms with Crippen LogP contribution in [0.25, 0.3) is 0 Å². The molecule has 2 aromatic carbocycles. The van der Waals surface area contributed by atoms with E-state index >= 15 is 0 Å². The van der Waals surface area contributed by atoms with Crippen LogP contribution in [0.15, 0.2) is 53.0 Å². The van der Waals surface area contributed by atoms with Gasteiger partial charge in [-0.3, -0.25) is 0 Å². The summed E-state index contributed by atoms with van der Waals surface area (Å²) in [6, 6.07) is 16.8.